The second-order valence-electron chi connectivity index (χ2n) is 10.6. The summed E-state index contributed by atoms with van der Waals surface area (Å²) >= 11 is 1.24. The number of fused-ring (bicyclic) bond motifs is 1. The zero-order valence-electron chi connectivity index (χ0n) is 21.6. The summed E-state index contributed by atoms with van der Waals surface area (Å²) in [4.78, 5) is 19.0. The number of aromatic nitrogens is 1. The average molecular weight is 501 g/mol. The van der Waals surface area contributed by atoms with E-state index in [0.717, 1.165) is 23.5 Å². The molecule has 0 saturated heterocycles. The Balaban J connectivity index is 0.00000342. The van der Waals surface area contributed by atoms with Crippen LogP contribution in [0.1, 0.15) is 55.0 Å². The molecule has 0 saturated carbocycles. The first-order valence-corrected chi connectivity index (χ1v) is 14.5. The minimum absolute atomic E-state index is 0. The van der Waals surface area contributed by atoms with E-state index in [1.807, 2.05) is 0 Å². The quantitative estimate of drug-likeness (QED) is 0.435. The molecule has 8 heteroatoms. The molecule has 1 aliphatic heterocycles. The largest absolute Gasteiger partial charge is 1.00 e. The van der Waals surface area contributed by atoms with Crippen LogP contribution < -0.4 is 34.3 Å². The topological polar surface area (TPSA) is 65.5 Å². The molecular weight excluding hydrogens is 467 g/mol. The van der Waals surface area contributed by atoms with Crippen molar-refractivity contribution in [3.63, 3.8) is 0 Å². The molecule has 0 radical (unpaired) electrons. The van der Waals surface area contributed by atoms with E-state index in [-0.39, 0.29) is 34.4 Å². The summed E-state index contributed by atoms with van der Waals surface area (Å²) in [5.74, 6) is -1.19. The first kappa shape index (κ1) is 27.9. The third-order valence-corrected chi connectivity index (χ3v) is 12.9. The number of rotatable bonds is 7. The predicted molar refractivity (Wildman–Crippen MR) is 138 cm³/mol. The van der Waals surface area contributed by atoms with Crippen LogP contribution in [0, 0.1) is 0 Å². The SMILES string of the molecule is CC(C)(CO[Si](c1ccccc1)(c1ccccc1)C(C)(C)C)N1CCc2nc(C(=O)[O-])sc2C1.[Li+]. The van der Waals surface area contributed by atoms with Crippen molar-refractivity contribution >= 4 is 36.0 Å². The molecule has 4 rings (SSSR count). The number of carboxylic acids is 1. The standard InChI is InChI=1S/C27H34N2O3SSi.Li/c1-26(2,3)34(20-12-8-6-9-13-20,21-14-10-7-11-15-21)32-19-27(4,5)29-17-16-22-23(18-29)33-24(28-22)25(30)31;/h6-15H,16-19H2,1-5H3,(H,30,31);/q;+1/p-1. The van der Waals surface area contributed by atoms with Crippen LogP contribution in [0.2, 0.25) is 5.04 Å². The second kappa shape index (κ2) is 10.7. The van der Waals surface area contributed by atoms with Gasteiger partial charge in [0.15, 0.2) is 0 Å². The van der Waals surface area contributed by atoms with Gasteiger partial charge in [0.05, 0.1) is 12.3 Å². The van der Waals surface area contributed by atoms with E-state index >= 15 is 0 Å². The summed E-state index contributed by atoms with van der Waals surface area (Å²) in [7, 11) is -2.63. The molecule has 0 fully saturated rings. The van der Waals surface area contributed by atoms with Gasteiger partial charge >= 0.3 is 18.9 Å². The number of nitrogens with zero attached hydrogens (tertiary/aromatic N) is 2. The van der Waals surface area contributed by atoms with Gasteiger partial charge in [0.25, 0.3) is 8.32 Å². The van der Waals surface area contributed by atoms with Crippen LogP contribution in [0.3, 0.4) is 0 Å². The van der Waals surface area contributed by atoms with Gasteiger partial charge < -0.3 is 14.3 Å². The van der Waals surface area contributed by atoms with E-state index in [2.05, 4.69) is 105 Å². The van der Waals surface area contributed by atoms with E-state index in [4.69, 9.17) is 4.43 Å². The number of benzene rings is 2. The van der Waals surface area contributed by atoms with Gasteiger partial charge in [-0.3, -0.25) is 4.90 Å². The summed E-state index contributed by atoms with van der Waals surface area (Å²) in [5, 5.41) is 13.8. The predicted octanol–water partition coefficient (Wildman–Crippen LogP) is 0.224. The van der Waals surface area contributed by atoms with E-state index in [1.54, 1.807) is 0 Å². The summed E-state index contributed by atoms with van der Waals surface area (Å²) in [6.45, 7) is 13.4. The first-order chi connectivity index (χ1) is 16.0. The summed E-state index contributed by atoms with van der Waals surface area (Å²) in [5.41, 5.74) is 0.653. The zero-order valence-corrected chi connectivity index (χ0v) is 23.4. The van der Waals surface area contributed by atoms with Gasteiger partial charge in [0.2, 0.25) is 0 Å². The van der Waals surface area contributed by atoms with E-state index in [9.17, 15) is 9.90 Å². The molecule has 180 valence electrons. The molecule has 5 nitrogen and oxygen atoms in total. The summed E-state index contributed by atoms with van der Waals surface area (Å²) in [6.07, 6.45) is 0.738. The molecule has 2 heterocycles. The van der Waals surface area contributed by atoms with Crippen LogP contribution in [-0.4, -0.2) is 42.9 Å². The van der Waals surface area contributed by atoms with Gasteiger partial charge in [-0.15, -0.1) is 11.3 Å². The van der Waals surface area contributed by atoms with Gasteiger partial charge in [-0.25, -0.2) is 4.98 Å². The number of hydrogen-bond acceptors (Lipinski definition) is 6. The van der Waals surface area contributed by atoms with Crippen molar-refractivity contribution in [1.82, 2.24) is 9.88 Å². The molecule has 0 amide bonds. The molecular formula is C27H33LiN2O3SSi. The van der Waals surface area contributed by atoms with E-state index in [1.165, 1.54) is 21.7 Å². The average Bonchev–Trinajstić information content (AvgIpc) is 3.24. The molecule has 0 atom stereocenters. The van der Waals surface area contributed by atoms with Crippen molar-refractivity contribution in [3.8, 4) is 0 Å². The van der Waals surface area contributed by atoms with Gasteiger partial charge in [-0.1, -0.05) is 81.4 Å². The number of carboxylic acid groups (broad SMARTS) is 1. The number of carbonyl (C=O) groups excluding carboxylic acids is 1. The number of thiazole rings is 1. The molecule has 1 aromatic heterocycles. The molecule has 0 unspecified atom stereocenters. The van der Waals surface area contributed by atoms with Gasteiger partial charge in [-0.2, -0.15) is 0 Å². The van der Waals surface area contributed by atoms with Crippen LogP contribution in [0.4, 0.5) is 0 Å². The number of carbonyl (C=O) groups is 1. The maximum Gasteiger partial charge on any atom is 1.00 e. The van der Waals surface area contributed by atoms with Gasteiger partial charge in [-0.05, 0) is 29.3 Å². The zero-order chi connectivity index (χ0) is 24.6. The van der Waals surface area contributed by atoms with Crippen molar-refractivity contribution in [2.75, 3.05) is 13.2 Å². The maximum atomic E-state index is 11.3. The van der Waals surface area contributed by atoms with E-state index in [0.29, 0.717) is 13.2 Å². The molecule has 0 N–H and O–H groups in total. The van der Waals surface area contributed by atoms with Crippen molar-refractivity contribution in [3.05, 3.63) is 76.2 Å². The maximum absolute atomic E-state index is 11.3. The fourth-order valence-corrected chi connectivity index (χ4v) is 10.6. The molecule has 0 aliphatic carbocycles. The van der Waals surface area contributed by atoms with Gasteiger partial charge in [0.1, 0.15) is 11.0 Å². The Labute approximate surface area is 225 Å². The Morgan fingerprint density at radius 2 is 1.57 bits per heavy atom. The third kappa shape index (κ3) is 5.51. The number of aromatic carboxylic acids is 1. The molecule has 0 spiro atoms. The van der Waals surface area contributed by atoms with Crippen molar-refractivity contribution in [1.29, 1.82) is 0 Å². The van der Waals surface area contributed by atoms with Crippen molar-refractivity contribution < 1.29 is 33.2 Å². The Kier molecular flexibility index (Phi) is 8.53. The summed E-state index contributed by atoms with van der Waals surface area (Å²) < 4.78 is 7.20. The van der Waals surface area contributed by atoms with Gasteiger partial charge in [0, 0.05) is 29.9 Å². The van der Waals surface area contributed by atoms with E-state index < -0.39 is 14.3 Å². The van der Waals surface area contributed by atoms with Crippen LogP contribution in [0.5, 0.6) is 0 Å². The molecule has 35 heavy (non-hydrogen) atoms. The Morgan fingerprint density at radius 3 is 2.06 bits per heavy atom. The van der Waals surface area contributed by atoms with Crippen LogP contribution in [0.25, 0.3) is 0 Å². The Bertz CT molecular complexity index is 1110. The number of hydrogen-bond donors (Lipinski definition) is 0. The molecule has 2 aromatic carbocycles. The third-order valence-electron chi connectivity index (χ3n) is 6.82. The Morgan fingerprint density at radius 1 is 1.03 bits per heavy atom. The monoisotopic (exact) mass is 500 g/mol. The molecule has 0 bridgehead atoms. The van der Waals surface area contributed by atoms with Crippen molar-refractivity contribution in [2.45, 2.75) is 58.2 Å². The normalized spacial score (nSPS) is 14.8. The molecule has 1 aliphatic rings. The minimum atomic E-state index is -2.63. The fourth-order valence-electron chi connectivity index (χ4n) is 4.94. The second-order valence-corrected chi connectivity index (χ2v) is 16.0. The van der Waals surface area contributed by atoms with Crippen LogP contribution in [0.15, 0.2) is 60.7 Å². The van der Waals surface area contributed by atoms with Crippen LogP contribution >= 0.6 is 11.3 Å². The van der Waals surface area contributed by atoms with Crippen LogP contribution in [-0.2, 0) is 17.4 Å². The summed E-state index contributed by atoms with van der Waals surface area (Å²) in [6, 6.07) is 21.4. The fraction of sp³-hybridized carbons (Fsp3) is 0.407. The smallest absolute Gasteiger partial charge is 0.542 e. The molecule has 3 aromatic rings. The van der Waals surface area contributed by atoms with Crippen molar-refractivity contribution in [2.24, 2.45) is 0 Å². The first-order valence-electron chi connectivity index (χ1n) is 11.7. The Hall–Kier alpha value is -1.73. The minimum Gasteiger partial charge on any atom is -0.542 e.